The molecule has 3 N–H and O–H groups in total. The van der Waals surface area contributed by atoms with Gasteiger partial charge in [-0.1, -0.05) is 0 Å². The van der Waals surface area contributed by atoms with Gasteiger partial charge in [-0.3, -0.25) is 9.59 Å². The number of hydrogen-bond donors (Lipinski definition) is 3. The zero-order valence-electron chi connectivity index (χ0n) is 11.0. The molecular weight excluding hydrogens is 278 g/mol. The van der Waals surface area contributed by atoms with Crippen LogP contribution in [0.25, 0.3) is 11.1 Å². The molecule has 0 fully saturated rings. The molecule has 1 amide bonds. The average molecular weight is 289 g/mol. The van der Waals surface area contributed by atoms with Crippen LogP contribution in [-0.4, -0.2) is 33.0 Å². The molecular formula is C13H11N3O5. The van der Waals surface area contributed by atoms with Gasteiger partial charge in [-0.2, -0.15) is 0 Å². The lowest BCUT2D eigenvalue weighted by Crippen LogP contribution is -2.40. The van der Waals surface area contributed by atoms with Gasteiger partial charge in [0.2, 0.25) is 5.71 Å². The molecule has 8 heteroatoms. The van der Waals surface area contributed by atoms with Gasteiger partial charge in [-0.15, -0.1) is 12.3 Å². The molecule has 2 aromatic rings. The topological polar surface area (TPSA) is 125 Å². The van der Waals surface area contributed by atoms with Gasteiger partial charge in [0.25, 0.3) is 11.5 Å². The fraction of sp³-hybridized carbons (Fsp3) is 0.231. The number of nitrogens with zero attached hydrogens (tertiary/aromatic N) is 1. The molecule has 0 radical (unpaired) electrons. The van der Waals surface area contributed by atoms with Gasteiger partial charge in [-0.05, 0) is 6.92 Å². The van der Waals surface area contributed by atoms with Gasteiger partial charge in [0.15, 0.2) is 0 Å². The molecule has 0 saturated heterocycles. The highest BCUT2D eigenvalue weighted by molar-refractivity contribution is 6.07. The van der Waals surface area contributed by atoms with Crippen molar-refractivity contribution in [2.75, 3.05) is 0 Å². The fourth-order valence-corrected chi connectivity index (χ4v) is 1.88. The number of rotatable bonds is 4. The van der Waals surface area contributed by atoms with Crippen molar-refractivity contribution in [2.45, 2.75) is 19.4 Å². The standard InChI is InChI=1S/C13H11N3O5/c1-3-4-7(13(19)20)16-11(18)8-6(2)21-12-9(8)10(17)14-5-15-12/h1,5,7H,4H2,2H3,(H,16,18)(H,19,20)(H,14,15,17). The van der Waals surface area contributed by atoms with Crippen LogP contribution in [0.3, 0.4) is 0 Å². The van der Waals surface area contributed by atoms with Gasteiger partial charge < -0.3 is 19.8 Å². The fourth-order valence-electron chi connectivity index (χ4n) is 1.88. The van der Waals surface area contributed by atoms with Crippen LogP contribution in [0.5, 0.6) is 0 Å². The summed E-state index contributed by atoms with van der Waals surface area (Å²) in [5, 5.41) is 11.2. The van der Waals surface area contributed by atoms with Crippen molar-refractivity contribution in [3.63, 3.8) is 0 Å². The van der Waals surface area contributed by atoms with Crippen LogP contribution in [0.15, 0.2) is 15.5 Å². The first kappa shape index (κ1) is 14.3. The van der Waals surface area contributed by atoms with E-state index in [1.165, 1.54) is 6.92 Å². The molecule has 2 aromatic heterocycles. The largest absolute Gasteiger partial charge is 0.480 e. The number of aromatic amines is 1. The van der Waals surface area contributed by atoms with Crippen molar-refractivity contribution < 1.29 is 19.1 Å². The second-order valence-electron chi connectivity index (χ2n) is 4.22. The van der Waals surface area contributed by atoms with Crippen LogP contribution >= 0.6 is 0 Å². The number of hydrogen-bond acceptors (Lipinski definition) is 5. The number of carboxylic acid groups (broad SMARTS) is 1. The summed E-state index contributed by atoms with van der Waals surface area (Å²) >= 11 is 0. The number of H-pyrrole nitrogens is 1. The Hall–Kier alpha value is -3.08. The van der Waals surface area contributed by atoms with Crippen molar-refractivity contribution in [3.8, 4) is 12.3 Å². The summed E-state index contributed by atoms with van der Waals surface area (Å²) in [6, 6.07) is -1.25. The zero-order valence-corrected chi connectivity index (χ0v) is 11.0. The van der Waals surface area contributed by atoms with Crippen LogP contribution in [0, 0.1) is 19.3 Å². The van der Waals surface area contributed by atoms with E-state index in [0.29, 0.717) is 0 Å². The predicted molar refractivity (Wildman–Crippen MR) is 71.7 cm³/mol. The highest BCUT2D eigenvalue weighted by Gasteiger charge is 2.25. The number of carbonyl (C=O) groups excluding carboxylic acids is 1. The van der Waals surface area contributed by atoms with Gasteiger partial charge in [-0.25, -0.2) is 9.78 Å². The van der Waals surface area contributed by atoms with Crippen LogP contribution < -0.4 is 10.9 Å². The smallest absolute Gasteiger partial charge is 0.327 e. The Kier molecular flexibility index (Phi) is 3.75. The van der Waals surface area contributed by atoms with Crippen LogP contribution in [-0.2, 0) is 4.79 Å². The number of furan rings is 1. The molecule has 21 heavy (non-hydrogen) atoms. The maximum atomic E-state index is 12.2. The molecule has 0 aliphatic heterocycles. The number of nitrogens with one attached hydrogen (secondary N) is 2. The van der Waals surface area contributed by atoms with Gasteiger partial charge >= 0.3 is 5.97 Å². The van der Waals surface area contributed by atoms with Crippen LogP contribution in [0.1, 0.15) is 22.5 Å². The first-order valence-corrected chi connectivity index (χ1v) is 5.89. The Morgan fingerprint density at radius 3 is 2.95 bits per heavy atom. The van der Waals surface area contributed by atoms with E-state index < -0.39 is 23.5 Å². The van der Waals surface area contributed by atoms with E-state index in [0.717, 1.165) is 6.33 Å². The summed E-state index contributed by atoms with van der Waals surface area (Å²) in [7, 11) is 0. The van der Waals surface area contributed by atoms with Gasteiger partial charge in [0, 0.05) is 6.42 Å². The summed E-state index contributed by atoms with van der Waals surface area (Å²) in [6.45, 7) is 1.48. The number of aliphatic carboxylic acids is 1. The van der Waals surface area contributed by atoms with E-state index in [2.05, 4.69) is 21.2 Å². The first-order valence-electron chi connectivity index (χ1n) is 5.89. The minimum atomic E-state index is -1.27. The van der Waals surface area contributed by atoms with Crippen LogP contribution in [0.4, 0.5) is 0 Å². The summed E-state index contributed by atoms with van der Waals surface area (Å²) in [4.78, 5) is 41.1. The maximum absolute atomic E-state index is 12.2. The lowest BCUT2D eigenvalue weighted by molar-refractivity contribution is -0.139. The van der Waals surface area contributed by atoms with E-state index in [1.54, 1.807) is 0 Å². The summed E-state index contributed by atoms with van der Waals surface area (Å²) in [6.07, 6.45) is 6.03. The predicted octanol–water partition coefficient (Wildman–Crippen LogP) is 0.0308. The number of carboxylic acids is 1. The molecule has 2 rings (SSSR count). The second-order valence-corrected chi connectivity index (χ2v) is 4.22. The molecule has 0 saturated carbocycles. The molecule has 0 spiro atoms. The summed E-state index contributed by atoms with van der Waals surface area (Å²) in [5.41, 5.74) is -0.598. The number of carbonyl (C=O) groups is 2. The Labute approximate surface area is 118 Å². The summed E-state index contributed by atoms with van der Waals surface area (Å²) < 4.78 is 5.22. The monoisotopic (exact) mass is 289 g/mol. The van der Waals surface area contributed by atoms with Crippen LogP contribution in [0.2, 0.25) is 0 Å². The SMILES string of the molecule is C#CCC(NC(=O)c1c(C)oc2nc[nH]c(=O)c12)C(=O)O. The minimum Gasteiger partial charge on any atom is -0.480 e. The molecule has 8 nitrogen and oxygen atoms in total. The third-order valence-corrected chi connectivity index (χ3v) is 2.82. The van der Waals surface area contributed by atoms with Crippen molar-refractivity contribution in [2.24, 2.45) is 0 Å². The number of aryl methyl sites for hydroxylation is 1. The van der Waals surface area contributed by atoms with E-state index in [-0.39, 0.29) is 28.8 Å². The first-order chi connectivity index (χ1) is 9.95. The van der Waals surface area contributed by atoms with E-state index in [4.69, 9.17) is 15.9 Å². The molecule has 1 unspecified atom stereocenters. The Morgan fingerprint density at radius 1 is 1.62 bits per heavy atom. The highest BCUT2D eigenvalue weighted by atomic mass is 16.4. The van der Waals surface area contributed by atoms with Gasteiger partial charge in [0.05, 0.1) is 11.9 Å². The maximum Gasteiger partial charge on any atom is 0.327 e. The quantitative estimate of drug-likeness (QED) is 0.682. The molecule has 0 aliphatic rings. The number of amides is 1. The van der Waals surface area contributed by atoms with E-state index in [1.807, 2.05) is 0 Å². The molecule has 0 aliphatic carbocycles. The number of aromatic nitrogens is 2. The third-order valence-electron chi connectivity index (χ3n) is 2.82. The molecule has 1 atom stereocenters. The Bertz CT molecular complexity index is 811. The van der Waals surface area contributed by atoms with Gasteiger partial charge in [0.1, 0.15) is 17.2 Å². The molecule has 2 heterocycles. The van der Waals surface area contributed by atoms with Crippen molar-refractivity contribution in [1.29, 1.82) is 0 Å². The summed E-state index contributed by atoms with van der Waals surface area (Å²) in [5.74, 6) is 0.305. The Balaban J connectivity index is 2.45. The normalized spacial score (nSPS) is 11.8. The van der Waals surface area contributed by atoms with E-state index in [9.17, 15) is 14.4 Å². The van der Waals surface area contributed by atoms with E-state index >= 15 is 0 Å². The highest BCUT2D eigenvalue weighted by Crippen LogP contribution is 2.20. The molecule has 108 valence electrons. The minimum absolute atomic E-state index is 0.00484. The zero-order chi connectivity index (χ0) is 15.6. The molecule has 0 bridgehead atoms. The van der Waals surface area contributed by atoms with Crippen molar-refractivity contribution in [3.05, 3.63) is 28.0 Å². The average Bonchev–Trinajstić information content (AvgIpc) is 2.75. The van der Waals surface area contributed by atoms with Crippen molar-refractivity contribution in [1.82, 2.24) is 15.3 Å². The second kappa shape index (κ2) is 5.50. The van der Waals surface area contributed by atoms with Crippen molar-refractivity contribution >= 4 is 23.0 Å². The lowest BCUT2D eigenvalue weighted by Gasteiger charge is -2.11. The molecule has 0 aromatic carbocycles. The number of terminal acetylenes is 1. The Morgan fingerprint density at radius 2 is 2.33 bits per heavy atom. The third kappa shape index (κ3) is 2.62. The lowest BCUT2D eigenvalue weighted by atomic mass is 10.1. The number of fused-ring (bicyclic) bond motifs is 1.